The van der Waals surface area contributed by atoms with Crippen LogP contribution in [0.2, 0.25) is 5.02 Å². The summed E-state index contributed by atoms with van der Waals surface area (Å²) in [6.07, 6.45) is -1.71. The van der Waals surface area contributed by atoms with Crippen molar-refractivity contribution < 1.29 is 42.1 Å². The van der Waals surface area contributed by atoms with Crippen molar-refractivity contribution in [1.82, 2.24) is 15.2 Å². The normalized spacial score (nSPS) is 19.8. The molecule has 2 fully saturated rings. The van der Waals surface area contributed by atoms with Gasteiger partial charge in [0.2, 0.25) is 5.88 Å². The lowest BCUT2D eigenvalue weighted by Gasteiger charge is -2.23. The number of carboxylic acids is 1. The van der Waals surface area contributed by atoms with Crippen molar-refractivity contribution >= 4 is 23.4 Å². The largest absolute Gasteiger partial charge is 0.496 e. The van der Waals surface area contributed by atoms with Gasteiger partial charge in [-0.05, 0) is 73.5 Å². The third kappa shape index (κ3) is 8.32. The molecule has 3 atom stereocenters. The monoisotopic (exact) mass is 777 g/mol. The number of carbonyl (C=O) groups excluding carboxylic acids is 1. The van der Waals surface area contributed by atoms with Gasteiger partial charge in [-0.2, -0.15) is 13.2 Å². The molecular weight excluding hydrogens is 735 g/mol. The Balaban J connectivity index is 1.12. The van der Waals surface area contributed by atoms with E-state index in [1.807, 2.05) is 53.4 Å². The molecule has 1 aromatic heterocycles. The molecule has 55 heavy (non-hydrogen) atoms. The van der Waals surface area contributed by atoms with Crippen LogP contribution < -0.4 is 19.5 Å². The molecule has 0 radical (unpaired) electrons. The van der Waals surface area contributed by atoms with Crippen LogP contribution in [-0.4, -0.2) is 60.6 Å². The van der Waals surface area contributed by atoms with E-state index in [9.17, 15) is 27.9 Å². The van der Waals surface area contributed by atoms with Crippen molar-refractivity contribution in [2.24, 2.45) is 11.8 Å². The quantitative estimate of drug-likeness (QED) is 0.138. The fourth-order valence-electron chi connectivity index (χ4n) is 8.15. The molecule has 1 saturated carbocycles. The number of carbonyl (C=O) groups is 2. The van der Waals surface area contributed by atoms with E-state index >= 15 is 0 Å². The SMILES string of the molecule is COc1cc(O[C@H]2CCc3c(-c4cccc(-c5ccc(CNC[C@@H]6CCC(=O)C6)c(OC)n5)c4Cl)cccc32)c(C(F)(F)F)cc1CN1CC[C@H](C(=O)O)C1. The van der Waals surface area contributed by atoms with Crippen LogP contribution in [0.15, 0.2) is 60.7 Å². The van der Waals surface area contributed by atoms with Crippen LogP contribution in [0.25, 0.3) is 22.4 Å². The number of fused-ring (bicyclic) bond motifs is 1. The summed E-state index contributed by atoms with van der Waals surface area (Å²) in [5, 5.41) is 13.3. The first-order valence-electron chi connectivity index (χ1n) is 18.5. The lowest BCUT2D eigenvalue weighted by Crippen LogP contribution is -2.23. The predicted octanol–water partition coefficient (Wildman–Crippen LogP) is 8.54. The number of ether oxygens (including phenoxy) is 3. The summed E-state index contributed by atoms with van der Waals surface area (Å²) in [5.41, 5.74) is 4.99. The summed E-state index contributed by atoms with van der Waals surface area (Å²) in [5.74, 6) is -0.404. The molecule has 13 heteroatoms. The van der Waals surface area contributed by atoms with Gasteiger partial charge in [-0.15, -0.1) is 0 Å². The van der Waals surface area contributed by atoms with Gasteiger partial charge in [0, 0.05) is 60.8 Å². The third-order valence-electron chi connectivity index (χ3n) is 11.0. The van der Waals surface area contributed by atoms with E-state index in [0.29, 0.717) is 84.6 Å². The molecule has 1 saturated heterocycles. The summed E-state index contributed by atoms with van der Waals surface area (Å²) in [6, 6.07) is 17.6. The average molecular weight is 778 g/mol. The van der Waals surface area contributed by atoms with E-state index in [1.165, 1.54) is 13.2 Å². The van der Waals surface area contributed by atoms with Gasteiger partial charge >= 0.3 is 12.1 Å². The molecule has 3 aliphatic rings. The highest BCUT2D eigenvalue weighted by atomic mass is 35.5. The number of alkyl halides is 3. The standard InChI is InChI=1S/C42H43ClF3N3O6/c1-53-37-19-38(34(42(44,45)46)18-27(37)23-49-16-15-26(22-49)41(51)52)55-36-14-12-30-29(5-3-6-31(30)36)32-7-4-8-33(39(32)43)35-13-10-25(40(48-35)54-2)21-47-20-24-9-11-28(50)17-24/h3-8,10,13,18-19,24,26,36,47H,9,11-12,14-17,20-23H2,1-2H3,(H,51,52)/t24-,26+,36+/m1/s1. The van der Waals surface area contributed by atoms with E-state index in [0.717, 1.165) is 46.8 Å². The molecule has 1 aliphatic heterocycles. The maximum atomic E-state index is 14.6. The van der Waals surface area contributed by atoms with Crippen LogP contribution in [0.4, 0.5) is 13.2 Å². The number of methoxy groups -OCH3 is 2. The second kappa shape index (κ2) is 16.2. The van der Waals surface area contributed by atoms with Crippen LogP contribution in [0.5, 0.6) is 17.4 Å². The zero-order valence-corrected chi connectivity index (χ0v) is 31.4. The summed E-state index contributed by atoms with van der Waals surface area (Å²) in [4.78, 5) is 29.7. The number of nitrogens with one attached hydrogen (secondary N) is 1. The van der Waals surface area contributed by atoms with Gasteiger partial charge in [0.25, 0.3) is 0 Å². The van der Waals surface area contributed by atoms with Crippen LogP contribution in [0.1, 0.15) is 66.0 Å². The van der Waals surface area contributed by atoms with E-state index in [2.05, 4.69) is 5.32 Å². The van der Waals surface area contributed by atoms with Crippen molar-refractivity contribution in [2.45, 2.75) is 63.9 Å². The number of hydrogen-bond acceptors (Lipinski definition) is 8. The number of ketones is 1. The Morgan fingerprint density at radius 2 is 1.75 bits per heavy atom. The molecule has 7 rings (SSSR count). The molecule has 4 aromatic rings. The van der Waals surface area contributed by atoms with Gasteiger partial charge in [0.05, 0.1) is 36.4 Å². The fraction of sp³-hybridized carbons (Fsp3) is 0.405. The molecule has 9 nitrogen and oxygen atoms in total. The van der Waals surface area contributed by atoms with Gasteiger partial charge < -0.3 is 24.6 Å². The topological polar surface area (TPSA) is 110 Å². The smallest absolute Gasteiger partial charge is 0.419 e. The van der Waals surface area contributed by atoms with Crippen molar-refractivity contribution in [3.63, 3.8) is 0 Å². The number of hydrogen-bond donors (Lipinski definition) is 2. The second-order valence-electron chi connectivity index (χ2n) is 14.5. The highest BCUT2D eigenvalue weighted by Crippen LogP contribution is 2.47. The Morgan fingerprint density at radius 3 is 2.45 bits per heavy atom. The predicted molar refractivity (Wildman–Crippen MR) is 201 cm³/mol. The van der Waals surface area contributed by atoms with Gasteiger partial charge in [0.15, 0.2) is 0 Å². The number of rotatable bonds is 13. The summed E-state index contributed by atoms with van der Waals surface area (Å²) in [7, 11) is 2.97. The summed E-state index contributed by atoms with van der Waals surface area (Å²) in [6.45, 7) is 2.14. The van der Waals surface area contributed by atoms with Crippen molar-refractivity contribution in [3.8, 4) is 39.8 Å². The minimum atomic E-state index is -4.70. The van der Waals surface area contributed by atoms with Gasteiger partial charge in [-0.3, -0.25) is 14.5 Å². The third-order valence-corrected chi connectivity index (χ3v) is 11.4. The second-order valence-corrected chi connectivity index (χ2v) is 14.9. The first-order valence-corrected chi connectivity index (χ1v) is 18.9. The molecular formula is C42H43ClF3N3O6. The number of aromatic nitrogens is 1. The Hall–Kier alpha value is -4.65. The molecule has 290 valence electrons. The van der Waals surface area contributed by atoms with Gasteiger partial charge in [-0.25, -0.2) is 4.98 Å². The maximum Gasteiger partial charge on any atom is 0.419 e. The highest BCUT2D eigenvalue weighted by Gasteiger charge is 2.38. The number of Topliss-reactive ketones (excluding diaryl/α,β-unsaturated/α-hetero) is 1. The number of likely N-dealkylation sites (tertiary alicyclic amines) is 1. The number of pyridine rings is 1. The van der Waals surface area contributed by atoms with Gasteiger partial charge in [0.1, 0.15) is 23.4 Å². The van der Waals surface area contributed by atoms with E-state index in [4.69, 9.17) is 30.8 Å². The number of halogens is 4. The lowest BCUT2D eigenvalue weighted by molar-refractivity contribution is -0.141. The van der Waals surface area contributed by atoms with Crippen LogP contribution in [0.3, 0.4) is 0 Å². The lowest BCUT2D eigenvalue weighted by atomic mass is 9.94. The Kier molecular flexibility index (Phi) is 11.4. The van der Waals surface area contributed by atoms with E-state index < -0.39 is 29.7 Å². The zero-order valence-electron chi connectivity index (χ0n) is 30.7. The highest BCUT2D eigenvalue weighted by molar-refractivity contribution is 6.36. The molecule has 2 aliphatic carbocycles. The van der Waals surface area contributed by atoms with E-state index in [1.54, 1.807) is 7.11 Å². The Morgan fingerprint density at radius 1 is 0.964 bits per heavy atom. The molecule has 0 spiro atoms. The number of aliphatic carboxylic acids is 1. The first-order chi connectivity index (χ1) is 26.4. The minimum absolute atomic E-state index is 0.125. The first kappa shape index (κ1) is 38.6. The molecule has 0 unspecified atom stereocenters. The summed E-state index contributed by atoms with van der Waals surface area (Å²) >= 11 is 7.13. The molecule has 2 N–H and O–H groups in total. The maximum absolute atomic E-state index is 14.6. The molecule has 3 aromatic carbocycles. The van der Waals surface area contributed by atoms with Crippen molar-refractivity contribution in [3.05, 3.63) is 93.5 Å². The van der Waals surface area contributed by atoms with E-state index in [-0.39, 0.29) is 24.6 Å². The van der Waals surface area contributed by atoms with Crippen molar-refractivity contribution in [2.75, 3.05) is 33.9 Å². The van der Waals surface area contributed by atoms with Crippen LogP contribution in [-0.2, 0) is 35.3 Å². The van der Waals surface area contributed by atoms with Crippen LogP contribution >= 0.6 is 11.6 Å². The van der Waals surface area contributed by atoms with Crippen molar-refractivity contribution in [1.29, 1.82) is 0 Å². The minimum Gasteiger partial charge on any atom is -0.496 e. The van der Waals surface area contributed by atoms with Gasteiger partial charge in [-0.1, -0.05) is 54.1 Å². The molecule has 0 amide bonds. The Labute approximate surface area is 322 Å². The fourth-order valence-corrected chi connectivity index (χ4v) is 8.47. The summed E-state index contributed by atoms with van der Waals surface area (Å²) < 4.78 is 61.1. The average Bonchev–Trinajstić information content (AvgIpc) is 3.92. The molecule has 2 heterocycles. The number of benzene rings is 3. The molecule has 0 bridgehead atoms. The zero-order chi connectivity index (χ0) is 38.9. The number of carboxylic acid groups (broad SMARTS) is 1. The van der Waals surface area contributed by atoms with Crippen LogP contribution in [0, 0.1) is 11.8 Å². The number of nitrogens with zero attached hydrogens (tertiary/aromatic N) is 2. The Bertz CT molecular complexity index is 2090.